The highest BCUT2D eigenvalue weighted by molar-refractivity contribution is 5.70. The van der Waals surface area contributed by atoms with Crippen molar-refractivity contribution < 1.29 is 19.0 Å². The van der Waals surface area contributed by atoms with E-state index in [1.165, 1.54) is 0 Å². The first-order valence-electron chi connectivity index (χ1n) is 8.85. The van der Waals surface area contributed by atoms with E-state index in [0.717, 1.165) is 16.8 Å². The zero-order valence-corrected chi connectivity index (χ0v) is 16.1. The topological polar surface area (TPSA) is 103 Å². The molecule has 3 rings (SSSR count). The van der Waals surface area contributed by atoms with Gasteiger partial charge in [0.05, 0.1) is 26.0 Å². The number of hydrogen-bond donors (Lipinski definition) is 2. The molecule has 0 aliphatic carbocycles. The number of ether oxygens (including phenoxy) is 3. The van der Waals surface area contributed by atoms with E-state index in [-0.39, 0.29) is 12.2 Å². The summed E-state index contributed by atoms with van der Waals surface area (Å²) in [5.74, 6) is 1.09. The number of nitrogens with zero attached hydrogens (tertiary/aromatic N) is 2. The number of aromatic nitrogens is 2. The number of benzene rings is 1. The van der Waals surface area contributed by atoms with E-state index in [1.807, 2.05) is 39.0 Å². The summed E-state index contributed by atoms with van der Waals surface area (Å²) in [6.07, 6.45) is -0.576. The van der Waals surface area contributed by atoms with Gasteiger partial charge in [-0.1, -0.05) is 6.07 Å². The summed E-state index contributed by atoms with van der Waals surface area (Å²) in [5.41, 5.74) is 7.72. The first kappa shape index (κ1) is 19.0. The van der Waals surface area contributed by atoms with Gasteiger partial charge in [-0.25, -0.2) is 4.79 Å². The molecule has 1 amide bonds. The lowest BCUT2D eigenvalue weighted by Gasteiger charge is -2.34. The molecular weight excluding hydrogens is 348 g/mol. The second-order valence-electron chi connectivity index (χ2n) is 7.45. The van der Waals surface area contributed by atoms with Crippen LogP contribution in [0, 0.1) is 0 Å². The fourth-order valence-corrected chi connectivity index (χ4v) is 2.95. The maximum Gasteiger partial charge on any atom is 0.410 e. The van der Waals surface area contributed by atoms with Crippen molar-refractivity contribution in [1.82, 2.24) is 15.1 Å². The van der Waals surface area contributed by atoms with Crippen molar-refractivity contribution >= 4 is 11.9 Å². The third-order valence-electron chi connectivity index (χ3n) is 4.20. The Morgan fingerprint density at radius 2 is 2.15 bits per heavy atom. The zero-order chi connectivity index (χ0) is 19.6. The molecule has 0 spiro atoms. The highest BCUT2D eigenvalue weighted by Crippen LogP contribution is 2.34. The first-order valence-corrected chi connectivity index (χ1v) is 8.85. The Morgan fingerprint density at radius 3 is 2.78 bits per heavy atom. The van der Waals surface area contributed by atoms with Crippen molar-refractivity contribution in [3.05, 3.63) is 29.8 Å². The molecule has 146 valence electrons. The molecule has 3 N–H and O–H groups in total. The molecule has 2 aromatic rings. The number of morpholine rings is 1. The summed E-state index contributed by atoms with van der Waals surface area (Å²) in [5, 5.41) is 6.84. The molecule has 0 bridgehead atoms. The fourth-order valence-electron chi connectivity index (χ4n) is 2.95. The van der Waals surface area contributed by atoms with Gasteiger partial charge in [-0.05, 0) is 38.5 Å². The van der Waals surface area contributed by atoms with Gasteiger partial charge in [-0.15, -0.1) is 0 Å². The Balaban J connectivity index is 1.78. The van der Waals surface area contributed by atoms with E-state index in [4.69, 9.17) is 19.9 Å². The predicted molar refractivity (Wildman–Crippen MR) is 101 cm³/mol. The van der Waals surface area contributed by atoms with Crippen LogP contribution in [-0.4, -0.2) is 53.6 Å². The Kier molecular flexibility index (Phi) is 5.27. The highest BCUT2D eigenvalue weighted by atomic mass is 16.6. The number of methoxy groups -OCH3 is 1. The van der Waals surface area contributed by atoms with Crippen molar-refractivity contribution in [3.63, 3.8) is 0 Å². The third-order valence-corrected chi connectivity index (χ3v) is 4.20. The number of H-pyrrole nitrogens is 1. The van der Waals surface area contributed by atoms with Gasteiger partial charge in [0, 0.05) is 18.2 Å². The fraction of sp³-hybridized carbons (Fsp3) is 0.474. The monoisotopic (exact) mass is 374 g/mol. The Hall–Kier alpha value is -2.74. The van der Waals surface area contributed by atoms with Gasteiger partial charge in [0.15, 0.2) is 0 Å². The van der Waals surface area contributed by atoms with Gasteiger partial charge in [0.1, 0.15) is 23.3 Å². The van der Waals surface area contributed by atoms with Crippen LogP contribution in [-0.2, 0) is 9.47 Å². The second kappa shape index (κ2) is 7.48. The van der Waals surface area contributed by atoms with Gasteiger partial charge in [0.2, 0.25) is 0 Å². The van der Waals surface area contributed by atoms with Gasteiger partial charge in [-0.3, -0.25) is 5.10 Å². The number of nitrogens with two attached hydrogens (primary N) is 1. The molecule has 1 atom stereocenters. The number of aromatic amines is 1. The SMILES string of the molecule is COc1cc([C@@H]2CN(C(=O)OC(C)(C)C)CCO2)ccc1-c1cc(N)n[nH]1. The molecule has 0 radical (unpaired) electrons. The smallest absolute Gasteiger partial charge is 0.410 e. The molecule has 1 saturated heterocycles. The predicted octanol–water partition coefficient (Wildman–Crippen LogP) is 2.98. The van der Waals surface area contributed by atoms with Gasteiger partial charge < -0.3 is 24.8 Å². The number of nitrogens with one attached hydrogen (secondary N) is 1. The van der Waals surface area contributed by atoms with Crippen LogP contribution >= 0.6 is 0 Å². The minimum Gasteiger partial charge on any atom is -0.496 e. The average molecular weight is 374 g/mol. The van der Waals surface area contributed by atoms with E-state index < -0.39 is 5.60 Å². The van der Waals surface area contributed by atoms with Gasteiger partial charge in [-0.2, -0.15) is 5.10 Å². The first-order chi connectivity index (χ1) is 12.8. The molecule has 1 aliphatic heterocycles. The summed E-state index contributed by atoms with van der Waals surface area (Å²) >= 11 is 0. The normalized spacial score (nSPS) is 17.6. The summed E-state index contributed by atoms with van der Waals surface area (Å²) < 4.78 is 16.9. The largest absolute Gasteiger partial charge is 0.496 e. The van der Waals surface area contributed by atoms with Crippen molar-refractivity contribution in [3.8, 4) is 17.0 Å². The minimum atomic E-state index is -0.526. The Morgan fingerprint density at radius 1 is 1.37 bits per heavy atom. The number of amides is 1. The quantitative estimate of drug-likeness (QED) is 0.856. The Bertz CT molecular complexity index is 812. The van der Waals surface area contributed by atoms with E-state index >= 15 is 0 Å². The van der Waals surface area contributed by atoms with Crippen LogP contribution in [0.3, 0.4) is 0 Å². The molecule has 1 aromatic carbocycles. The number of carbonyl (C=O) groups excluding carboxylic acids is 1. The lowest BCUT2D eigenvalue weighted by atomic mass is 10.0. The van der Waals surface area contributed by atoms with Crippen LogP contribution in [0.4, 0.5) is 10.6 Å². The molecular formula is C19H26N4O4. The van der Waals surface area contributed by atoms with Crippen LogP contribution in [0.25, 0.3) is 11.3 Å². The zero-order valence-electron chi connectivity index (χ0n) is 16.1. The van der Waals surface area contributed by atoms with Crippen molar-refractivity contribution in [1.29, 1.82) is 0 Å². The van der Waals surface area contributed by atoms with Gasteiger partial charge in [0.25, 0.3) is 0 Å². The molecule has 8 nitrogen and oxygen atoms in total. The van der Waals surface area contributed by atoms with Crippen LogP contribution in [0.5, 0.6) is 5.75 Å². The van der Waals surface area contributed by atoms with Crippen LogP contribution in [0.2, 0.25) is 0 Å². The molecule has 2 heterocycles. The number of hydrogen-bond acceptors (Lipinski definition) is 6. The van der Waals surface area contributed by atoms with E-state index in [1.54, 1.807) is 18.1 Å². The average Bonchev–Trinajstić information content (AvgIpc) is 3.06. The highest BCUT2D eigenvalue weighted by Gasteiger charge is 2.29. The minimum absolute atomic E-state index is 0.249. The van der Waals surface area contributed by atoms with Crippen molar-refractivity contribution in [2.45, 2.75) is 32.5 Å². The molecule has 0 unspecified atom stereocenters. The number of anilines is 1. The molecule has 27 heavy (non-hydrogen) atoms. The van der Waals surface area contributed by atoms with Crippen LogP contribution in [0.15, 0.2) is 24.3 Å². The second-order valence-corrected chi connectivity index (χ2v) is 7.45. The summed E-state index contributed by atoms with van der Waals surface area (Å²) in [6.45, 7) is 6.95. The molecule has 0 saturated carbocycles. The number of rotatable bonds is 3. The molecule has 1 aromatic heterocycles. The maximum absolute atomic E-state index is 12.4. The van der Waals surface area contributed by atoms with E-state index in [0.29, 0.717) is 31.3 Å². The summed E-state index contributed by atoms with van der Waals surface area (Å²) in [6, 6.07) is 7.55. The molecule has 1 aliphatic rings. The number of nitrogen functional groups attached to an aromatic ring is 1. The molecule has 1 fully saturated rings. The lowest BCUT2D eigenvalue weighted by molar-refractivity contribution is -0.0433. The summed E-state index contributed by atoms with van der Waals surface area (Å²) in [4.78, 5) is 14.0. The van der Waals surface area contributed by atoms with Crippen LogP contribution < -0.4 is 10.5 Å². The molecule has 8 heteroatoms. The standard InChI is InChI=1S/C19H26N4O4/c1-19(2,3)27-18(24)23-7-8-26-16(11-23)12-5-6-13(15(9-12)25-4)14-10-17(20)22-21-14/h5-6,9-10,16H,7-8,11H2,1-4H3,(H3,20,21,22)/t16-/m0/s1. The number of carbonyl (C=O) groups is 1. The lowest BCUT2D eigenvalue weighted by Crippen LogP contribution is -2.44. The maximum atomic E-state index is 12.4. The van der Waals surface area contributed by atoms with Crippen molar-refractivity contribution in [2.24, 2.45) is 0 Å². The third kappa shape index (κ3) is 4.51. The van der Waals surface area contributed by atoms with Gasteiger partial charge >= 0.3 is 6.09 Å². The Labute approximate surface area is 158 Å². The summed E-state index contributed by atoms with van der Waals surface area (Å²) in [7, 11) is 1.61. The van der Waals surface area contributed by atoms with Crippen LogP contribution in [0.1, 0.15) is 32.4 Å². The van der Waals surface area contributed by atoms with E-state index in [2.05, 4.69) is 10.2 Å². The van der Waals surface area contributed by atoms with Crippen molar-refractivity contribution in [2.75, 3.05) is 32.5 Å². The van der Waals surface area contributed by atoms with E-state index in [9.17, 15) is 4.79 Å².